The standard InChI is InChI=1S/C29H32N6OS2/c1-18-32-25-9-8-19(13-27(25)38-18)28(31)23-16-35(12-10-24(23)30)29(36)33-21-5-4-11-34(15-21)14-20-17-37-26-7-3-2-6-22(20)26/h2-3,6-9,13,17,21,31H,4-5,10-12,14-16,30H2,1H3,(H,33,36)/t21-/m1/s1. The van der Waals surface area contributed by atoms with E-state index >= 15 is 0 Å². The number of nitrogens with one attached hydrogen (secondary N) is 2. The molecule has 2 aromatic heterocycles. The highest BCUT2D eigenvalue weighted by Gasteiger charge is 2.28. The van der Waals surface area contributed by atoms with E-state index in [1.165, 1.54) is 15.6 Å². The monoisotopic (exact) mass is 544 g/mol. The number of fused-ring (bicyclic) bond motifs is 2. The number of carbonyl (C=O) groups excluding carboxylic acids is 1. The van der Waals surface area contributed by atoms with Gasteiger partial charge in [0.25, 0.3) is 0 Å². The van der Waals surface area contributed by atoms with E-state index in [9.17, 15) is 4.79 Å². The van der Waals surface area contributed by atoms with Crippen LogP contribution in [0.25, 0.3) is 20.3 Å². The Hall–Kier alpha value is -3.27. The van der Waals surface area contributed by atoms with E-state index in [0.717, 1.165) is 58.8 Å². The van der Waals surface area contributed by atoms with Crippen LogP contribution in [0, 0.1) is 12.3 Å². The maximum absolute atomic E-state index is 13.3. The Labute approximate surface area is 230 Å². The van der Waals surface area contributed by atoms with E-state index in [0.29, 0.717) is 30.9 Å². The molecule has 1 saturated heterocycles. The van der Waals surface area contributed by atoms with Gasteiger partial charge in [0.15, 0.2) is 0 Å². The van der Waals surface area contributed by atoms with Crippen LogP contribution in [0.5, 0.6) is 0 Å². The average molecular weight is 545 g/mol. The minimum absolute atomic E-state index is 0.0656. The Morgan fingerprint density at radius 2 is 2.08 bits per heavy atom. The number of piperidine rings is 1. The number of rotatable bonds is 5. The number of amides is 2. The summed E-state index contributed by atoms with van der Waals surface area (Å²) in [6.07, 6.45) is 2.62. The van der Waals surface area contributed by atoms with Crippen LogP contribution in [0.2, 0.25) is 0 Å². The van der Waals surface area contributed by atoms with Gasteiger partial charge in [0, 0.05) is 53.6 Å². The van der Waals surface area contributed by atoms with Crippen molar-refractivity contribution in [1.82, 2.24) is 20.1 Å². The fourth-order valence-electron chi connectivity index (χ4n) is 5.54. The normalized spacial score (nSPS) is 18.9. The minimum atomic E-state index is -0.0656. The lowest BCUT2D eigenvalue weighted by Gasteiger charge is -2.36. The lowest BCUT2D eigenvalue weighted by atomic mass is 9.96. The van der Waals surface area contributed by atoms with Crippen LogP contribution < -0.4 is 11.1 Å². The van der Waals surface area contributed by atoms with Crippen molar-refractivity contribution in [2.45, 2.75) is 38.8 Å². The summed E-state index contributed by atoms with van der Waals surface area (Å²) in [6.45, 7) is 5.71. The largest absolute Gasteiger partial charge is 0.402 e. The van der Waals surface area contributed by atoms with Crippen LogP contribution in [0.4, 0.5) is 4.79 Å². The fraction of sp³-hybridized carbons (Fsp3) is 0.345. The topological polar surface area (TPSA) is 98.3 Å². The molecule has 1 fully saturated rings. The highest BCUT2D eigenvalue weighted by molar-refractivity contribution is 7.18. The third-order valence-electron chi connectivity index (χ3n) is 7.55. The molecule has 0 unspecified atom stereocenters. The van der Waals surface area contributed by atoms with Gasteiger partial charge in [0.1, 0.15) is 0 Å². The first-order chi connectivity index (χ1) is 18.4. The Balaban J connectivity index is 1.09. The van der Waals surface area contributed by atoms with Crippen molar-refractivity contribution in [3.05, 3.63) is 75.2 Å². The first-order valence-electron chi connectivity index (χ1n) is 13.1. The third kappa shape index (κ3) is 5.06. The lowest BCUT2D eigenvalue weighted by Crippen LogP contribution is -2.53. The van der Waals surface area contributed by atoms with Gasteiger partial charge in [-0.15, -0.1) is 22.7 Å². The number of urea groups is 1. The smallest absolute Gasteiger partial charge is 0.317 e. The van der Waals surface area contributed by atoms with Crippen LogP contribution in [0.1, 0.15) is 35.4 Å². The average Bonchev–Trinajstić information content (AvgIpc) is 3.50. The molecule has 0 saturated carbocycles. The molecule has 4 aromatic rings. The van der Waals surface area contributed by atoms with Gasteiger partial charge in [0.05, 0.1) is 27.5 Å². The number of likely N-dealkylation sites (tertiary alicyclic amines) is 1. The van der Waals surface area contributed by atoms with E-state index < -0.39 is 0 Å². The van der Waals surface area contributed by atoms with Gasteiger partial charge in [0.2, 0.25) is 0 Å². The molecule has 2 aliphatic rings. The van der Waals surface area contributed by atoms with Crippen molar-refractivity contribution in [1.29, 1.82) is 5.41 Å². The third-order valence-corrected chi connectivity index (χ3v) is 9.49. The molecular weight excluding hydrogens is 512 g/mol. The van der Waals surface area contributed by atoms with Crippen molar-refractivity contribution in [2.24, 2.45) is 5.73 Å². The Morgan fingerprint density at radius 3 is 2.97 bits per heavy atom. The molecule has 4 heterocycles. The van der Waals surface area contributed by atoms with E-state index in [1.54, 1.807) is 27.6 Å². The van der Waals surface area contributed by atoms with Crippen LogP contribution in [0.15, 0.2) is 59.1 Å². The number of nitrogens with zero attached hydrogens (tertiary/aromatic N) is 3. The number of hydrogen-bond donors (Lipinski definition) is 3. The zero-order valence-electron chi connectivity index (χ0n) is 21.5. The molecule has 2 aliphatic heterocycles. The number of nitrogens with two attached hydrogens (primary N) is 1. The van der Waals surface area contributed by atoms with E-state index in [2.05, 4.69) is 44.8 Å². The number of aryl methyl sites for hydroxylation is 1. The molecule has 0 bridgehead atoms. The highest BCUT2D eigenvalue weighted by atomic mass is 32.1. The second-order valence-electron chi connectivity index (χ2n) is 10.2. The Bertz CT molecular complexity index is 1550. The Morgan fingerprint density at radius 1 is 1.21 bits per heavy atom. The number of carbonyl (C=O) groups is 1. The molecule has 6 rings (SSSR count). The van der Waals surface area contributed by atoms with Crippen LogP contribution >= 0.6 is 22.7 Å². The fourth-order valence-corrected chi connectivity index (χ4v) is 7.36. The van der Waals surface area contributed by atoms with Crippen molar-refractivity contribution < 1.29 is 4.79 Å². The second-order valence-corrected chi connectivity index (χ2v) is 12.4. The van der Waals surface area contributed by atoms with E-state index in [-0.39, 0.29) is 12.1 Å². The molecule has 2 aromatic carbocycles. The summed E-state index contributed by atoms with van der Waals surface area (Å²) in [6, 6.07) is 14.5. The molecule has 2 amide bonds. The van der Waals surface area contributed by atoms with Gasteiger partial charge in [-0.1, -0.05) is 24.3 Å². The van der Waals surface area contributed by atoms with Crippen molar-refractivity contribution in [3.63, 3.8) is 0 Å². The number of benzene rings is 2. The SMILES string of the molecule is Cc1nc2ccc(C(=N)C3=C(N)CCN(C(=O)N[C@@H]4CCCN(Cc5csc6ccccc56)C4)C3)cc2s1. The predicted molar refractivity (Wildman–Crippen MR) is 157 cm³/mol. The quantitative estimate of drug-likeness (QED) is 0.290. The summed E-state index contributed by atoms with van der Waals surface area (Å²) in [5.74, 6) is 0. The number of thiazole rings is 1. The highest BCUT2D eigenvalue weighted by Crippen LogP contribution is 2.28. The van der Waals surface area contributed by atoms with Crippen LogP contribution in [-0.2, 0) is 6.54 Å². The molecule has 9 heteroatoms. The zero-order valence-corrected chi connectivity index (χ0v) is 23.1. The molecule has 0 radical (unpaired) electrons. The van der Waals surface area contributed by atoms with Gasteiger partial charge in [-0.2, -0.15) is 0 Å². The van der Waals surface area contributed by atoms with E-state index in [4.69, 9.17) is 11.1 Å². The van der Waals surface area contributed by atoms with Gasteiger partial charge < -0.3 is 16.0 Å². The zero-order chi connectivity index (χ0) is 26.2. The maximum Gasteiger partial charge on any atom is 0.317 e. The molecular formula is C29H32N6OS2. The number of hydrogen-bond acceptors (Lipinski definition) is 7. The van der Waals surface area contributed by atoms with Crippen molar-refractivity contribution in [3.8, 4) is 0 Å². The van der Waals surface area contributed by atoms with Gasteiger partial charge in [-0.3, -0.25) is 10.3 Å². The first kappa shape index (κ1) is 25.0. The minimum Gasteiger partial charge on any atom is -0.402 e. The lowest BCUT2D eigenvalue weighted by molar-refractivity contribution is 0.165. The van der Waals surface area contributed by atoms with Crippen molar-refractivity contribution >= 4 is 54.7 Å². The summed E-state index contributed by atoms with van der Waals surface area (Å²) < 4.78 is 2.39. The molecule has 7 nitrogen and oxygen atoms in total. The van der Waals surface area contributed by atoms with Crippen LogP contribution in [-0.4, -0.2) is 58.7 Å². The maximum atomic E-state index is 13.3. The Kier molecular flexibility index (Phi) is 6.90. The molecule has 0 aliphatic carbocycles. The van der Waals surface area contributed by atoms with E-state index in [1.807, 2.05) is 25.1 Å². The number of aromatic nitrogens is 1. The first-order valence-corrected chi connectivity index (χ1v) is 14.8. The summed E-state index contributed by atoms with van der Waals surface area (Å²) in [5.41, 5.74) is 11.3. The van der Waals surface area contributed by atoms with Crippen LogP contribution in [0.3, 0.4) is 0 Å². The van der Waals surface area contributed by atoms with Gasteiger partial charge >= 0.3 is 6.03 Å². The molecule has 38 heavy (non-hydrogen) atoms. The van der Waals surface area contributed by atoms with Gasteiger partial charge in [-0.05, 0) is 60.8 Å². The molecule has 0 spiro atoms. The van der Waals surface area contributed by atoms with Crippen molar-refractivity contribution in [2.75, 3.05) is 26.2 Å². The summed E-state index contributed by atoms with van der Waals surface area (Å²) >= 11 is 3.42. The summed E-state index contributed by atoms with van der Waals surface area (Å²) in [4.78, 5) is 22.1. The number of thiophene rings is 1. The molecule has 1 atom stereocenters. The van der Waals surface area contributed by atoms with Gasteiger partial charge in [-0.25, -0.2) is 9.78 Å². The summed E-state index contributed by atoms with van der Waals surface area (Å²) in [7, 11) is 0. The summed E-state index contributed by atoms with van der Waals surface area (Å²) in [5, 5.41) is 16.8. The second kappa shape index (κ2) is 10.5. The molecule has 4 N–H and O–H groups in total. The molecule has 196 valence electrons. The predicted octanol–water partition coefficient (Wildman–Crippen LogP) is 5.48.